The molecule has 2 fully saturated rings. The van der Waals surface area contributed by atoms with Crippen LogP contribution in [-0.4, -0.2) is 52.6 Å². The lowest BCUT2D eigenvalue weighted by Crippen LogP contribution is -2.51. The Kier molecular flexibility index (Phi) is 4.55. The van der Waals surface area contributed by atoms with Gasteiger partial charge in [0.05, 0.1) is 0 Å². The molecule has 0 radical (unpaired) electrons. The number of likely N-dealkylation sites (tertiary alicyclic amines) is 2. The largest absolute Gasteiger partial charge is 0.480 e. The van der Waals surface area contributed by atoms with Gasteiger partial charge in [0.1, 0.15) is 6.04 Å². The first-order chi connectivity index (χ1) is 9.53. The number of amides is 2. The van der Waals surface area contributed by atoms with Crippen molar-refractivity contribution in [3.63, 3.8) is 0 Å². The number of rotatable bonds is 3. The summed E-state index contributed by atoms with van der Waals surface area (Å²) in [4.78, 5) is 27.1. The van der Waals surface area contributed by atoms with Gasteiger partial charge in [-0.15, -0.1) is 0 Å². The minimum absolute atomic E-state index is 0.0734. The van der Waals surface area contributed by atoms with Crippen LogP contribution in [0, 0.1) is 5.41 Å². The number of hydrogen-bond donors (Lipinski definition) is 1. The number of carboxylic acid groups (broad SMARTS) is 1. The lowest BCUT2D eigenvalue weighted by atomic mass is 9.74. The van der Waals surface area contributed by atoms with Crippen molar-refractivity contribution in [1.82, 2.24) is 9.80 Å². The summed E-state index contributed by atoms with van der Waals surface area (Å²) in [6, 6.07) is -0.692. The maximum atomic E-state index is 12.5. The zero-order chi connectivity index (χ0) is 14.8. The Bertz CT molecular complexity index is 369. The highest BCUT2D eigenvalue weighted by atomic mass is 16.4. The van der Waals surface area contributed by atoms with Crippen molar-refractivity contribution in [3.05, 3.63) is 0 Å². The minimum Gasteiger partial charge on any atom is -0.480 e. The molecule has 1 N–H and O–H groups in total. The fraction of sp³-hybridized carbons (Fsp3) is 0.867. The summed E-state index contributed by atoms with van der Waals surface area (Å²) in [6.45, 7) is 6.57. The topological polar surface area (TPSA) is 60.9 Å². The van der Waals surface area contributed by atoms with E-state index in [9.17, 15) is 14.7 Å². The van der Waals surface area contributed by atoms with E-state index in [1.54, 1.807) is 4.90 Å². The van der Waals surface area contributed by atoms with Crippen LogP contribution in [0.15, 0.2) is 0 Å². The summed E-state index contributed by atoms with van der Waals surface area (Å²) in [5, 5.41) is 9.18. The summed E-state index contributed by atoms with van der Waals surface area (Å²) >= 11 is 0. The van der Waals surface area contributed by atoms with Crippen LogP contribution in [0.5, 0.6) is 0 Å². The van der Waals surface area contributed by atoms with E-state index in [-0.39, 0.29) is 6.03 Å². The minimum atomic E-state index is -0.871. The maximum Gasteiger partial charge on any atom is 0.326 e. The molecule has 0 aromatic carbocycles. The van der Waals surface area contributed by atoms with Gasteiger partial charge < -0.3 is 14.9 Å². The molecule has 2 aliphatic heterocycles. The van der Waals surface area contributed by atoms with E-state index in [2.05, 4.69) is 13.8 Å². The van der Waals surface area contributed by atoms with Crippen LogP contribution < -0.4 is 0 Å². The van der Waals surface area contributed by atoms with E-state index in [1.165, 1.54) is 0 Å². The van der Waals surface area contributed by atoms with Gasteiger partial charge in [-0.25, -0.2) is 9.59 Å². The van der Waals surface area contributed by atoms with Crippen LogP contribution in [0.3, 0.4) is 0 Å². The second-order valence-corrected chi connectivity index (χ2v) is 6.17. The molecule has 1 atom stereocenters. The molecule has 1 unspecified atom stereocenters. The van der Waals surface area contributed by atoms with Crippen LogP contribution in [0.25, 0.3) is 0 Å². The molecule has 2 amide bonds. The van der Waals surface area contributed by atoms with Crippen molar-refractivity contribution >= 4 is 12.0 Å². The van der Waals surface area contributed by atoms with Gasteiger partial charge in [-0.1, -0.05) is 26.7 Å². The van der Waals surface area contributed by atoms with Crippen molar-refractivity contribution < 1.29 is 14.7 Å². The summed E-state index contributed by atoms with van der Waals surface area (Å²) in [6.07, 6.45) is 5.78. The van der Waals surface area contributed by atoms with Gasteiger partial charge in [0.2, 0.25) is 0 Å². The number of nitrogens with zero attached hydrogens (tertiary/aromatic N) is 2. The fourth-order valence-corrected chi connectivity index (χ4v) is 3.56. The third kappa shape index (κ3) is 2.76. The Morgan fingerprint density at radius 3 is 2.25 bits per heavy atom. The third-order valence-electron chi connectivity index (χ3n) is 5.38. The quantitative estimate of drug-likeness (QED) is 0.865. The molecule has 20 heavy (non-hydrogen) atoms. The Hall–Kier alpha value is -1.26. The molecule has 0 saturated carbocycles. The van der Waals surface area contributed by atoms with Crippen molar-refractivity contribution in [2.45, 2.75) is 58.4 Å². The highest BCUT2D eigenvalue weighted by Crippen LogP contribution is 2.38. The molecular formula is C15H26N2O3. The summed E-state index contributed by atoms with van der Waals surface area (Å²) < 4.78 is 0. The van der Waals surface area contributed by atoms with E-state index >= 15 is 0 Å². The zero-order valence-corrected chi connectivity index (χ0v) is 12.6. The van der Waals surface area contributed by atoms with Crippen molar-refractivity contribution in [1.29, 1.82) is 0 Å². The van der Waals surface area contributed by atoms with Gasteiger partial charge in [0.15, 0.2) is 0 Å². The van der Waals surface area contributed by atoms with Crippen molar-refractivity contribution in [3.8, 4) is 0 Å². The lowest BCUT2D eigenvalue weighted by Gasteiger charge is -2.42. The Morgan fingerprint density at radius 2 is 1.75 bits per heavy atom. The molecule has 2 saturated heterocycles. The van der Waals surface area contributed by atoms with E-state index < -0.39 is 12.0 Å². The van der Waals surface area contributed by atoms with Crippen LogP contribution >= 0.6 is 0 Å². The van der Waals surface area contributed by atoms with Crippen LogP contribution in [0.2, 0.25) is 0 Å². The average Bonchev–Trinajstić information content (AvgIpc) is 2.96. The molecule has 5 nitrogen and oxygen atoms in total. The molecule has 2 rings (SSSR count). The van der Waals surface area contributed by atoms with Crippen LogP contribution in [-0.2, 0) is 4.79 Å². The first-order valence-corrected chi connectivity index (χ1v) is 7.81. The van der Waals surface area contributed by atoms with Crippen molar-refractivity contribution in [2.24, 2.45) is 5.41 Å². The van der Waals surface area contributed by atoms with Gasteiger partial charge in [-0.3, -0.25) is 0 Å². The standard InChI is InChI=1S/C15H26N2O3/c1-3-15(4-2)7-10-16(11-8-15)14(20)17-9-5-6-12(17)13(18)19/h12H,3-11H2,1-2H3,(H,18,19). The van der Waals surface area contributed by atoms with Crippen molar-refractivity contribution in [2.75, 3.05) is 19.6 Å². The maximum absolute atomic E-state index is 12.5. The van der Waals surface area contributed by atoms with Gasteiger partial charge in [0, 0.05) is 19.6 Å². The molecule has 0 bridgehead atoms. The predicted octanol–water partition coefficient (Wildman–Crippen LogP) is 2.56. The Morgan fingerprint density at radius 1 is 1.15 bits per heavy atom. The fourth-order valence-electron chi connectivity index (χ4n) is 3.56. The van der Waals surface area contributed by atoms with E-state index in [0.717, 1.165) is 45.2 Å². The van der Waals surface area contributed by atoms with Gasteiger partial charge in [-0.05, 0) is 31.1 Å². The molecule has 0 aliphatic carbocycles. The number of hydrogen-bond acceptors (Lipinski definition) is 2. The van der Waals surface area contributed by atoms with Crippen LogP contribution in [0.4, 0.5) is 4.79 Å². The average molecular weight is 282 g/mol. The molecule has 0 aromatic heterocycles. The number of aliphatic carboxylic acids is 1. The van der Waals surface area contributed by atoms with Gasteiger partial charge in [-0.2, -0.15) is 0 Å². The molecular weight excluding hydrogens is 256 g/mol. The molecule has 0 aromatic rings. The molecule has 5 heteroatoms. The Labute approximate surface area is 120 Å². The summed E-state index contributed by atoms with van der Waals surface area (Å²) in [7, 11) is 0. The number of piperidine rings is 1. The monoisotopic (exact) mass is 282 g/mol. The number of carboxylic acids is 1. The van der Waals surface area contributed by atoms with E-state index in [0.29, 0.717) is 18.4 Å². The highest BCUT2D eigenvalue weighted by Gasteiger charge is 2.39. The van der Waals surface area contributed by atoms with E-state index in [1.807, 2.05) is 4.90 Å². The molecule has 2 heterocycles. The normalized spacial score (nSPS) is 25.8. The third-order valence-corrected chi connectivity index (χ3v) is 5.38. The first kappa shape index (κ1) is 15.1. The second kappa shape index (κ2) is 6.02. The highest BCUT2D eigenvalue weighted by molar-refractivity contribution is 5.83. The van der Waals surface area contributed by atoms with Crippen LogP contribution in [0.1, 0.15) is 52.4 Å². The smallest absolute Gasteiger partial charge is 0.326 e. The molecule has 114 valence electrons. The lowest BCUT2D eigenvalue weighted by molar-refractivity contribution is -0.141. The summed E-state index contributed by atoms with van der Waals surface area (Å²) in [5.41, 5.74) is 0.383. The number of carbonyl (C=O) groups excluding carboxylic acids is 1. The van der Waals surface area contributed by atoms with Gasteiger partial charge >= 0.3 is 12.0 Å². The number of carbonyl (C=O) groups is 2. The number of urea groups is 1. The SMILES string of the molecule is CCC1(CC)CCN(C(=O)N2CCCC2C(=O)O)CC1. The second-order valence-electron chi connectivity index (χ2n) is 6.17. The molecule has 0 spiro atoms. The van der Waals surface area contributed by atoms with E-state index in [4.69, 9.17) is 0 Å². The zero-order valence-electron chi connectivity index (χ0n) is 12.6. The Balaban J connectivity index is 1.96. The first-order valence-electron chi connectivity index (χ1n) is 7.81. The summed E-state index contributed by atoms with van der Waals surface area (Å²) in [5.74, 6) is -0.871. The molecule has 2 aliphatic rings. The predicted molar refractivity (Wildman–Crippen MR) is 76.6 cm³/mol. The van der Waals surface area contributed by atoms with Gasteiger partial charge in [0.25, 0.3) is 0 Å².